The average molecular weight is 286 g/mol. The van der Waals surface area contributed by atoms with E-state index in [0.717, 1.165) is 12.1 Å². The molecule has 0 spiro atoms. The molecule has 0 aliphatic carbocycles. The number of rotatable bonds is 4. The minimum absolute atomic E-state index is 0.508. The number of phenols is 1. The predicted octanol–water partition coefficient (Wildman–Crippen LogP) is 2.67. The Morgan fingerprint density at radius 1 is 1.21 bits per heavy atom. The van der Waals surface area contributed by atoms with E-state index < -0.39 is 41.7 Å². The van der Waals surface area contributed by atoms with Gasteiger partial charge in [0.1, 0.15) is 17.1 Å². The van der Waals surface area contributed by atoms with E-state index in [9.17, 15) is 31.9 Å². The molecule has 0 aromatic heterocycles. The first-order chi connectivity index (χ1) is 8.54. The van der Waals surface area contributed by atoms with Crippen molar-refractivity contribution in [3.05, 3.63) is 23.8 Å². The molecule has 0 aliphatic rings. The van der Waals surface area contributed by atoms with Gasteiger partial charge in [-0.1, -0.05) is 0 Å². The fraction of sp³-hybridized carbons (Fsp3) is 0.300. The number of aromatic carboxylic acids is 1. The Morgan fingerprint density at radius 3 is 2.21 bits per heavy atom. The van der Waals surface area contributed by atoms with E-state index in [0.29, 0.717) is 6.07 Å². The highest BCUT2D eigenvalue weighted by atomic mass is 19.4. The summed E-state index contributed by atoms with van der Waals surface area (Å²) in [4.78, 5) is 10.5. The van der Waals surface area contributed by atoms with Gasteiger partial charge >= 0.3 is 18.1 Å². The second-order valence-corrected chi connectivity index (χ2v) is 3.47. The van der Waals surface area contributed by atoms with Gasteiger partial charge < -0.3 is 14.9 Å². The predicted molar refractivity (Wildman–Crippen MR) is 51.6 cm³/mol. The zero-order chi connectivity index (χ0) is 14.8. The lowest BCUT2D eigenvalue weighted by Crippen LogP contribution is -2.41. The zero-order valence-electron chi connectivity index (χ0n) is 9.04. The van der Waals surface area contributed by atoms with Crippen molar-refractivity contribution in [3.8, 4) is 11.5 Å². The maximum Gasteiger partial charge on any atom is 0.456 e. The van der Waals surface area contributed by atoms with E-state index >= 15 is 0 Å². The number of halogens is 5. The summed E-state index contributed by atoms with van der Waals surface area (Å²) in [7, 11) is 0. The second kappa shape index (κ2) is 4.90. The summed E-state index contributed by atoms with van der Waals surface area (Å²) in [6, 6.07) is 2.31. The van der Waals surface area contributed by atoms with Crippen molar-refractivity contribution < 1.29 is 41.7 Å². The largest absolute Gasteiger partial charge is 0.507 e. The topological polar surface area (TPSA) is 66.8 Å². The summed E-state index contributed by atoms with van der Waals surface area (Å²) < 4.78 is 64.7. The maximum absolute atomic E-state index is 12.5. The minimum Gasteiger partial charge on any atom is -0.507 e. The zero-order valence-corrected chi connectivity index (χ0v) is 9.04. The van der Waals surface area contributed by atoms with Crippen molar-refractivity contribution in [1.82, 2.24) is 0 Å². The Hall–Kier alpha value is -2.06. The van der Waals surface area contributed by atoms with Crippen LogP contribution in [0.2, 0.25) is 0 Å². The van der Waals surface area contributed by atoms with Gasteiger partial charge in [-0.3, -0.25) is 0 Å². The Kier molecular flexibility index (Phi) is 3.87. The van der Waals surface area contributed by atoms with Crippen molar-refractivity contribution >= 4 is 5.97 Å². The minimum atomic E-state index is -5.75. The van der Waals surface area contributed by atoms with Gasteiger partial charge in [-0.2, -0.15) is 22.0 Å². The van der Waals surface area contributed by atoms with E-state index in [2.05, 4.69) is 4.74 Å². The molecule has 0 saturated carbocycles. The third kappa shape index (κ3) is 3.46. The third-order valence-corrected chi connectivity index (χ3v) is 2.03. The second-order valence-electron chi connectivity index (χ2n) is 3.47. The molecular weight excluding hydrogens is 279 g/mol. The van der Waals surface area contributed by atoms with Crippen LogP contribution in [0.1, 0.15) is 10.4 Å². The Morgan fingerprint density at radius 2 is 1.79 bits per heavy atom. The van der Waals surface area contributed by atoms with E-state index in [1.165, 1.54) is 0 Å². The summed E-state index contributed by atoms with van der Waals surface area (Å²) in [5.74, 6) is -7.84. The lowest BCUT2D eigenvalue weighted by atomic mass is 10.2. The van der Waals surface area contributed by atoms with E-state index in [1.54, 1.807) is 0 Å². The first-order valence-corrected chi connectivity index (χ1v) is 4.68. The van der Waals surface area contributed by atoms with Gasteiger partial charge in [0.25, 0.3) is 0 Å². The van der Waals surface area contributed by atoms with Gasteiger partial charge in [0.2, 0.25) is 0 Å². The molecule has 106 valence electrons. The fourth-order valence-corrected chi connectivity index (χ4v) is 1.04. The van der Waals surface area contributed by atoms with Gasteiger partial charge in [-0.25, -0.2) is 4.79 Å². The lowest BCUT2D eigenvalue weighted by molar-refractivity contribution is -0.290. The fourth-order valence-electron chi connectivity index (χ4n) is 1.04. The number of aromatic hydroxyl groups is 1. The van der Waals surface area contributed by atoms with Gasteiger partial charge in [-0.05, 0) is 12.1 Å². The third-order valence-electron chi connectivity index (χ3n) is 2.03. The van der Waals surface area contributed by atoms with E-state index in [1.807, 2.05) is 0 Å². The molecule has 0 amide bonds. The van der Waals surface area contributed by atoms with Crippen LogP contribution < -0.4 is 4.74 Å². The van der Waals surface area contributed by atoms with Gasteiger partial charge in [0.15, 0.2) is 6.61 Å². The van der Waals surface area contributed by atoms with Crippen molar-refractivity contribution in [2.75, 3.05) is 6.61 Å². The number of carbonyl (C=O) groups is 1. The molecule has 0 fully saturated rings. The molecule has 1 aromatic rings. The van der Waals surface area contributed by atoms with Gasteiger partial charge in [-0.15, -0.1) is 0 Å². The molecule has 0 heterocycles. The van der Waals surface area contributed by atoms with Gasteiger partial charge in [0, 0.05) is 6.07 Å². The molecule has 4 nitrogen and oxygen atoms in total. The molecule has 2 N–H and O–H groups in total. The van der Waals surface area contributed by atoms with Crippen LogP contribution in [0.5, 0.6) is 11.5 Å². The highest BCUT2D eigenvalue weighted by Gasteiger charge is 2.58. The van der Waals surface area contributed by atoms with Crippen LogP contribution in [-0.2, 0) is 0 Å². The molecule has 0 atom stereocenters. The lowest BCUT2D eigenvalue weighted by Gasteiger charge is -2.19. The summed E-state index contributed by atoms with van der Waals surface area (Å²) in [6.07, 6.45) is -5.75. The molecule has 0 saturated heterocycles. The first-order valence-electron chi connectivity index (χ1n) is 4.68. The highest BCUT2D eigenvalue weighted by molar-refractivity contribution is 5.90. The maximum atomic E-state index is 12.5. The number of hydrogen-bond acceptors (Lipinski definition) is 3. The monoisotopic (exact) mass is 286 g/mol. The molecule has 19 heavy (non-hydrogen) atoms. The number of ether oxygens (including phenoxy) is 1. The van der Waals surface area contributed by atoms with Crippen molar-refractivity contribution in [2.24, 2.45) is 0 Å². The molecule has 1 rings (SSSR count). The molecule has 9 heteroatoms. The molecule has 1 aromatic carbocycles. The highest BCUT2D eigenvalue weighted by Crippen LogP contribution is 2.36. The number of benzene rings is 1. The normalized spacial score (nSPS) is 12.3. The number of carboxylic acid groups (broad SMARTS) is 1. The van der Waals surface area contributed by atoms with Crippen LogP contribution in [0, 0.1) is 0 Å². The van der Waals surface area contributed by atoms with Crippen molar-refractivity contribution in [1.29, 1.82) is 0 Å². The van der Waals surface area contributed by atoms with Crippen LogP contribution in [0.3, 0.4) is 0 Å². The van der Waals surface area contributed by atoms with Crippen LogP contribution in [-0.4, -0.2) is 34.9 Å². The van der Waals surface area contributed by atoms with Crippen LogP contribution >= 0.6 is 0 Å². The van der Waals surface area contributed by atoms with Crippen LogP contribution in [0.25, 0.3) is 0 Å². The number of alkyl halides is 5. The van der Waals surface area contributed by atoms with Crippen molar-refractivity contribution in [3.63, 3.8) is 0 Å². The van der Waals surface area contributed by atoms with E-state index in [-0.39, 0.29) is 0 Å². The first kappa shape index (κ1) is 15.0. The number of carboxylic acids is 1. The van der Waals surface area contributed by atoms with Crippen LogP contribution in [0.15, 0.2) is 18.2 Å². The Balaban J connectivity index is 2.80. The smallest absolute Gasteiger partial charge is 0.456 e. The molecule has 0 unspecified atom stereocenters. The summed E-state index contributed by atoms with van der Waals surface area (Å²) in [5.41, 5.74) is -0.532. The number of hydrogen-bond donors (Lipinski definition) is 2. The summed E-state index contributed by atoms with van der Waals surface area (Å²) in [6.45, 7) is -1.97. The average Bonchev–Trinajstić information content (AvgIpc) is 2.24. The SMILES string of the molecule is O=C(O)c1ccc(OCC(F)(F)C(F)(F)F)cc1O. The molecule has 0 bridgehead atoms. The molecule has 0 radical (unpaired) electrons. The standard InChI is InChI=1S/C10H7F5O4/c11-9(12,10(13,14)15)4-19-5-1-2-6(8(17)18)7(16)3-5/h1-3,16H,4H2,(H,17,18). The van der Waals surface area contributed by atoms with E-state index in [4.69, 9.17) is 5.11 Å². The summed E-state index contributed by atoms with van der Waals surface area (Å²) >= 11 is 0. The Labute approximate surface area is 103 Å². The molecular formula is C10H7F5O4. The van der Waals surface area contributed by atoms with Crippen LogP contribution in [0.4, 0.5) is 22.0 Å². The van der Waals surface area contributed by atoms with Gasteiger partial charge in [0.05, 0.1) is 0 Å². The Bertz CT molecular complexity index is 483. The van der Waals surface area contributed by atoms with Crippen molar-refractivity contribution in [2.45, 2.75) is 12.1 Å². The molecule has 0 aliphatic heterocycles. The quantitative estimate of drug-likeness (QED) is 0.835. The summed E-state index contributed by atoms with van der Waals surface area (Å²) in [5, 5.41) is 17.7.